The third kappa shape index (κ3) is 3.68. The van der Waals surface area contributed by atoms with Gasteiger partial charge < -0.3 is 18.9 Å². The minimum absolute atomic E-state index is 0.129. The molecule has 0 saturated carbocycles. The molecule has 2 aromatic rings. The maximum Gasteiger partial charge on any atom is 0.308 e. The van der Waals surface area contributed by atoms with Gasteiger partial charge in [-0.1, -0.05) is 0 Å². The molecule has 0 radical (unpaired) electrons. The fourth-order valence-corrected chi connectivity index (χ4v) is 3.35. The first-order chi connectivity index (χ1) is 13.8. The number of methoxy groups -OCH3 is 3. The van der Waals surface area contributed by atoms with E-state index in [4.69, 9.17) is 18.9 Å². The van der Waals surface area contributed by atoms with Gasteiger partial charge in [0.2, 0.25) is 5.75 Å². The average Bonchev–Trinajstić information content (AvgIpc) is 2.92. The summed E-state index contributed by atoms with van der Waals surface area (Å²) in [6, 6.07) is 5.35. The number of carbonyl (C=O) groups is 1. The summed E-state index contributed by atoms with van der Waals surface area (Å²) >= 11 is 0. The van der Waals surface area contributed by atoms with Crippen molar-refractivity contribution >= 4 is 23.4 Å². The minimum atomic E-state index is -0.757. The quantitative estimate of drug-likeness (QED) is 0.670. The van der Waals surface area contributed by atoms with Crippen LogP contribution in [0, 0.1) is 11.6 Å². The molecule has 152 valence electrons. The number of esters is 1. The molecule has 0 saturated heterocycles. The second kappa shape index (κ2) is 7.95. The predicted octanol–water partition coefficient (Wildman–Crippen LogP) is 4.84. The topological polar surface area (TPSA) is 54.0 Å². The average molecular weight is 402 g/mol. The minimum Gasteiger partial charge on any atom is -0.493 e. The Morgan fingerprint density at radius 3 is 2.10 bits per heavy atom. The van der Waals surface area contributed by atoms with Crippen LogP contribution in [0.4, 0.5) is 8.78 Å². The molecule has 0 unspecified atom stereocenters. The zero-order valence-corrected chi connectivity index (χ0v) is 16.7. The fraction of sp³-hybridized carbons (Fsp3) is 0.227. The number of halogens is 2. The molecule has 0 fully saturated rings. The molecule has 0 N–H and O–H groups in total. The van der Waals surface area contributed by atoms with Crippen molar-refractivity contribution in [1.29, 1.82) is 0 Å². The van der Waals surface area contributed by atoms with Crippen LogP contribution in [-0.2, 0) is 9.53 Å². The summed E-state index contributed by atoms with van der Waals surface area (Å²) in [5.74, 6) is -0.678. The Hall–Kier alpha value is -3.35. The van der Waals surface area contributed by atoms with Crippen molar-refractivity contribution in [3.63, 3.8) is 0 Å². The molecule has 0 heterocycles. The van der Waals surface area contributed by atoms with Crippen molar-refractivity contribution in [3.05, 3.63) is 58.2 Å². The molecule has 0 spiro atoms. The summed E-state index contributed by atoms with van der Waals surface area (Å²) in [7, 11) is 4.48. The molecule has 0 bridgehead atoms. The van der Waals surface area contributed by atoms with E-state index in [9.17, 15) is 13.6 Å². The third-order valence-electron chi connectivity index (χ3n) is 4.56. The van der Waals surface area contributed by atoms with E-state index in [1.807, 2.05) is 0 Å². The molecule has 3 rings (SSSR count). The van der Waals surface area contributed by atoms with E-state index >= 15 is 0 Å². The molecule has 0 aromatic heterocycles. The Morgan fingerprint density at radius 2 is 1.59 bits per heavy atom. The van der Waals surface area contributed by atoms with Crippen molar-refractivity contribution in [2.75, 3.05) is 21.3 Å². The highest BCUT2D eigenvalue weighted by atomic mass is 19.1. The number of benzene rings is 2. The normalized spacial score (nSPS) is 14.1. The lowest BCUT2D eigenvalue weighted by molar-refractivity contribution is -0.134. The number of allylic oxidation sites excluding steroid dienone is 2. The monoisotopic (exact) mass is 402 g/mol. The number of ether oxygens (including phenoxy) is 4. The van der Waals surface area contributed by atoms with Crippen molar-refractivity contribution < 1.29 is 32.5 Å². The molecule has 1 aliphatic rings. The summed E-state index contributed by atoms with van der Waals surface area (Å²) in [6.45, 7) is 2.91. The summed E-state index contributed by atoms with van der Waals surface area (Å²) in [5.41, 5.74) is 1.95. The highest BCUT2D eigenvalue weighted by Crippen LogP contribution is 2.45. The van der Waals surface area contributed by atoms with Crippen LogP contribution in [0.25, 0.3) is 17.4 Å². The van der Waals surface area contributed by atoms with Crippen molar-refractivity contribution in [1.82, 2.24) is 0 Å². The van der Waals surface area contributed by atoms with E-state index in [0.29, 0.717) is 34.0 Å². The van der Waals surface area contributed by atoms with Gasteiger partial charge in [-0.05, 0) is 42.3 Å². The van der Waals surface area contributed by atoms with E-state index in [1.165, 1.54) is 28.3 Å². The van der Waals surface area contributed by atoms with Crippen LogP contribution < -0.4 is 14.2 Å². The van der Waals surface area contributed by atoms with Crippen LogP contribution >= 0.6 is 0 Å². The van der Waals surface area contributed by atoms with Crippen LogP contribution in [0.15, 0.2) is 29.8 Å². The van der Waals surface area contributed by atoms with Gasteiger partial charge in [0.05, 0.1) is 21.3 Å². The van der Waals surface area contributed by atoms with E-state index in [1.54, 1.807) is 25.1 Å². The van der Waals surface area contributed by atoms with E-state index in [0.717, 1.165) is 12.1 Å². The van der Waals surface area contributed by atoms with Gasteiger partial charge >= 0.3 is 5.97 Å². The number of rotatable bonds is 5. The van der Waals surface area contributed by atoms with Crippen molar-refractivity contribution in [2.24, 2.45) is 0 Å². The van der Waals surface area contributed by atoms with Gasteiger partial charge in [0, 0.05) is 29.7 Å². The van der Waals surface area contributed by atoms with Gasteiger partial charge in [0.25, 0.3) is 0 Å². The fourth-order valence-electron chi connectivity index (χ4n) is 3.35. The number of hydrogen-bond acceptors (Lipinski definition) is 5. The highest BCUT2D eigenvalue weighted by molar-refractivity contribution is 6.05. The molecule has 29 heavy (non-hydrogen) atoms. The lowest BCUT2D eigenvalue weighted by Crippen LogP contribution is -1.99. The lowest BCUT2D eigenvalue weighted by Gasteiger charge is -2.13. The van der Waals surface area contributed by atoms with Gasteiger partial charge in [-0.25, -0.2) is 8.78 Å². The first kappa shape index (κ1) is 20.4. The Bertz CT molecular complexity index is 1030. The first-order valence-electron chi connectivity index (χ1n) is 8.71. The van der Waals surface area contributed by atoms with E-state index in [-0.39, 0.29) is 16.9 Å². The molecule has 1 aliphatic carbocycles. The van der Waals surface area contributed by atoms with Gasteiger partial charge in [-0.2, -0.15) is 0 Å². The Morgan fingerprint density at radius 1 is 0.966 bits per heavy atom. The highest BCUT2D eigenvalue weighted by Gasteiger charge is 2.30. The second-order valence-corrected chi connectivity index (χ2v) is 6.37. The number of carbonyl (C=O) groups excluding carboxylic acids is 1. The van der Waals surface area contributed by atoms with Crippen molar-refractivity contribution in [2.45, 2.75) is 13.8 Å². The summed E-state index contributed by atoms with van der Waals surface area (Å²) in [4.78, 5) is 11.5. The molecule has 7 heteroatoms. The molecular formula is C22H20F2O5. The van der Waals surface area contributed by atoms with Crippen LogP contribution in [0.5, 0.6) is 17.2 Å². The molecule has 0 amide bonds. The molecule has 5 nitrogen and oxygen atoms in total. The standard InChI is InChI=1S/C22H20F2O5/c1-11-15(6-13-7-18(26-3)22(28-5)19(8-13)27-4)20-16(21(11)29-12(2)25)9-14(23)10-17(20)24/h6-10H,1-5H3. The van der Waals surface area contributed by atoms with Crippen LogP contribution in [0.1, 0.15) is 30.5 Å². The Kier molecular flexibility index (Phi) is 5.59. The smallest absolute Gasteiger partial charge is 0.308 e. The molecule has 0 aliphatic heterocycles. The molecule has 0 atom stereocenters. The SMILES string of the molecule is COc1cc(C=C2C(C)=C(OC(C)=O)c3cc(F)cc(F)c32)cc(OC)c1OC. The van der Waals surface area contributed by atoms with Gasteiger partial charge in [0.15, 0.2) is 11.5 Å². The third-order valence-corrected chi connectivity index (χ3v) is 4.56. The summed E-state index contributed by atoms with van der Waals surface area (Å²) < 4.78 is 49.8. The van der Waals surface area contributed by atoms with E-state index in [2.05, 4.69) is 0 Å². The van der Waals surface area contributed by atoms with Gasteiger partial charge in [-0.3, -0.25) is 4.79 Å². The Labute approximate surface area is 167 Å². The molecule has 2 aromatic carbocycles. The predicted molar refractivity (Wildman–Crippen MR) is 105 cm³/mol. The zero-order valence-electron chi connectivity index (χ0n) is 16.7. The largest absolute Gasteiger partial charge is 0.493 e. The first-order valence-corrected chi connectivity index (χ1v) is 8.71. The summed E-state index contributed by atoms with van der Waals surface area (Å²) in [6.07, 6.45) is 1.69. The maximum atomic E-state index is 14.7. The van der Waals surface area contributed by atoms with E-state index < -0.39 is 17.6 Å². The lowest BCUT2D eigenvalue weighted by atomic mass is 9.99. The summed E-state index contributed by atoms with van der Waals surface area (Å²) in [5, 5.41) is 0. The van der Waals surface area contributed by atoms with Crippen LogP contribution in [0.3, 0.4) is 0 Å². The van der Waals surface area contributed by atoms with Gasteiger partial charge in [-0.15, -0.1) is 0 Å². The zero-order chi connectivity index (χ0) is 21.3. The molecular weight excluding hydrogens is 382 g/mol. The number of fused-ring (bicyclic) bond motifs is 1. The van der Waals surface area contributed by atoms with Crippen LogP contribution in [-0.4, -0.2) is 27.3 Å². The van der Waals surface area contributed by atoms with Crippen LogP contribution in [0.2, 0.25) is 0 Å². The van der Waals surface area contributed by atoms with Crippen molar-refractivity contribution in [3.8, 4) is 17.2 Å². The Balaban J connectivity index is 2.25. The second-order valence-electron chi connectivity index (χ2n) is 6.37. The number of hydrogen-bond donors (Lipinski definition) is 0. The maximum absolute atomic E-state index is 14.7. The van der Waals surface area contributed by atoms with Gasteiger partial charge in [0.1, 0.15) is 17.4 Å².